The van der Waals surface area contributed by atoms with Crippen molar-refractivity contribution in [3.8, 4) is 0 Å². The lowest BCUT2D eigenvalue weighted by Gasteiger charge is -2.27. The average molecular weight is 344 g/mol. The molecule has 2 saturated carbocycles. The van der Waals surface area contributed by atoms with Gasteiger partial charge in [0.1, 0.15) is 0 Å². The number of benzene rings is 1. The van der Waals surface area contributed by atoms with Gasteiger partial charge in [-0.05, 0) is 54.7 Å². The van der Waals surface area contributed by atoms with E-state index in [0.717, 1.165) is 24.8 Å². The highest BCUT2D eigenvalue weighted by molar-refractivity contribution is 5.96. The summed E-state index contributed by atoms with van der Waals surface area (Å²) in [7, 11) is 0. The largest absolute Gasteiger partial charge is 0.481 e. The van der Waals surface area contributed by atoms with Crippen LogP contribution in [0.5, 0.6) is 0 Å². The first-order valence-corrected chi connectivity index (χ1v) is 8.81. The molecule has 0 heterocycles. The van der Waals surface area contributed by atoms with E-state index < -0.39 is 29.6 Å². The summed E-state index contributed by atoms with van der Waals surface area (Å²) in [5, 5.41) is 9.41. The zero-order chi connectivity index (χ0) is 18.1. The molecule has 2 aliphatic carbocycles. The maximum atomic E-state index is 12.4. The number of amides is 2. The molecule has 1 aromatic rings. The number of aliphatic carboxylic acids is 1. The standard InChI is InChI=1S/C19H24N2O4/c1-10(2)11-3-5-12(6-4-11)17(22)20-21-18(23)15-13-7-8-14(9-13)16(15)19(24)25/h3-6,10,13-16H,7-9H2,1-2H3,(H,20,22)(H,21,23)(H,24,25)/t13-,14-,15+,16+/m0/s1. The van der Waals surface area contributed by atoms with Gasteiger partial charge < -0.3 is 5.11 Å². The Morgan fingerprint density at radius 3 is 2.16 bits per heavy atom. The second-order valence-corrected chi connectivity index (χ2v) is 7.44. The van der Waals surface area contributed by atoms with Crippen molar-refractivity contribution < 1.29 is 19.5 Å². The SMILES string of the molecule is CC(C)c1ccc(C(=O)NNC(=O)[C@@H]2[C@H]3CC[C@@H](C3)[C@H]2C(=O)O)cc1. The van der Waals surface area contributed by atoms with E-state index in [1.807, 2.05) is 12.1 Å². The Morgan fingerprint density at radius 2 is 1.60 bits per heavy atom. The fourth-order valence-corrected chi connectivity index (χ4v) is 4.32. The minimum absolute atomic E-state index is 0.0810. The normalized spacial score (nSPS) is 27.3. The number of carbonyl (C=O) groups excluding carboxylic acids is 2. The minimum atomic E-state index is -0.914. The number of nitrogens with one attached hydrogen (secondary N) is 2. The number of fused-ring (bicyclic) bond motifs is 2. The Labute approximate surface area is 147 Å². The highest BCUT2D eigenvalue weighted by Gasteiger charge is 2.54. The Balaban J connectivity index is 1.60. The first-order valence-electron chi connectivity index (χ1n) is 8.81. The molecule has 1 aromatic carbocycles. The fraction of sp³-hybridized carbons (Fsp3) is 0.526. The molecule has 3 rings (SSSR count). The van der Waals surface area contributed by atoms with E-state index in [4.69, 9.17) is 0 Å². The lowest BCUT2D eigenvalue weighted by molar-refractivity contribution is -0.149. The number of carbonyl (C=O) groups is 3. The molecular weight excluding hydrogens is 320 g/mol. The highest BCUT2D eigenvalue weighted by atomic mass is 16.4. The summed E-state index contributed by atoms with van der Waals surface area (Å²) < 4.78 is 0. The maximum Gasteiger partial charge on any atom is 0.307 e. The molecule has 2 aliphatic rings. The number of carboxylic acids is 1. The quantitative estimate of drug-likeness (QED) is 0.731. The average Bonchev–Trinajstić information content (AvgIpc) is 3.20. The van der Waals surface area contributed by atoms with Crippen LogP contribution in [0.2, 0.25) is 0 Å². The van der Waals surface area contributed by atoms with Crippen LogP contribution >= 0.6 is 0 Å². The second kappa shape index (κ2) is 6.86. The van der Waals surface area contributed by atoms with E-state index in [1.165, 1.54) is 0 Å². The molecule has 134 valence electrons. The molecule has 0 radical (unpaired) electrons. The van der Waals surface area contributed by atoms with Gasteiger partial charge >= 0.3 is 5.97 Å². The lowest BCUT2D eigenvalue weighted by atomic mass is 9.79. The molecule has 0 aromatic heterocycles. The lowest BCUT2D eigenvalue weighted by Crippen LogP contribution is -2.48. The summed E-state index contributed by atoms with van der Waals surface area (Å²) in [5.74, 6) is -2.34. The molecule has 2 amide bonds. The second-order valence-electron chi connectivity index (χ2n) is 7.44. The molecule has 6 nitrogen and oxygen atoms in total. The third-order valence-corrected chi connectivity index (χ3v) is 5.64. The van der Waals surface area contributed by atoms with Crippen molar-refractivity contribution >= 4 is 17.8 Å². The molecule has 2 bridgehead atoms. The Kier molecular flexibility index (Phi) is 4.79. The first-order chi connectivity index (χ1) is 11.9. The number of hydrogen-bond donors (Lipinski definition) is 3. The molecule has 6 heteroatoms. The summed E-state index contributed by atoms with van der Waals surface area (Å²) in [6.45, 7) is 4.15. The van der Waals surface area contributed by atoms with Gasteiger partial charge in [-0.1, -0.05) is 26.0 Å². The third-order valence-electron chi connectivity index (χ3n) is 5.64. The predicted octanol–water partition coefficient (Wildman–Crippen LogP) is 2.32. The molecule has 3 N–H and O–H groups in total. The van der Waals surface area contributed by atoms with E-state index >= 15 is 0 Å². The van der Waals surface area contributed by atoms with Gasteiger partial charge in [-0.25, -0.2) is 0 Å². The predicted molar refractivity (Wildman–Crippen MR) is 91.6 cm³/mol. The molecule has 4 atom stereocenters. The summed E-state index contributed by atoms with van der Waals surface area (Å²) in [4.78, 5) is 36.1. The minimum Gasteiger partial charge on any atom is -0.481 e. The zero-order valence-electron chi connectivity index (χ0n) is 14.5. The van der Waals surface area contributed by atoms with Crippen molar-refractivity contribution in [3.05, 3.63) is 35.4 Å². The zero-order valence-corrected chi connectivity index (χ0v) is 14.5. The monoisotopic (exact) mass is 344 g/mol. The molecule has 0 aliphatic heterocycles. The van der Waals surface area contributed by atoms with Gasteiger partial charge in [-0.3, -0.25) is 25.2 Å². The fourth-order valence-electron chi connectivity index (χ4n) is 4.32. The van der Waals surface area contributed by atoms with Gasteiger partial charge in [0.05, 0.1) is 11.8 Å². The van der Waals surface area contributed by atoms with Gasteiger partial charge in [-0.2, -0.15) is 0 Å². The van der Waals surface area contributed by atoms with E-state index in [2.05, 4.69) is 24.7 Å². The Hall–Kier alpha value is -2.37. The molecular formula is C19H24N2O4. The van der Waals surface area contributed by atoms with E-state index in [1.54, 1.807) is 12.1 Å². The number of rotatable bonds is 4. The van der Waals surface area contributed by atoms with Crippen LogP contribution in [-0.4, -0.2) is 22.9 Å². The van der Waals surface area contributed by atoms with Gasteiger partial charge in [-0.15, -0.1) is 0 Å². The highest BCUT2D eigenvalue weighted by Crippen LogP contribution is 2.52. The molecule has 0 unspecified atom stereocenters. The number of hydrazine groups is 1. The molecule has 25 heavy (non-hydrogen) atoms. The summed E-state index contributed by atoms with van der Waals surface area (Å²) in [6.07, 6.45) is 2.55. The van der Waals surface area contributed by atoms with Crippen LogP contribution in [0.25, 0.3) is 0 Å². The summed E-state index contributed by atoms with van der Waals surface area (Å²) >= 11 is 0. The van der Waals surface area contributed by atoms with Crippen molar-refractivity contribution in [3.63, 3.8) is 0 Å². The topological polar surface area (TPSA) is 95.5 Å². The molecule has 0 spiro atoms. The summed E-state index contributed by atoms with van der Waals surface area (Å²) in [6, 6.07) is 7.21. The maximum absolute atomic E-state index is 12.4. The van der Waals surface area contributed by atoms with E-state index in [0.29, 0.717) is 11.5 Å². The number of hydrogen-bond acceptors (Lipinski definition) is 3. The van der Waals surface area contributed by atoms with Crippen LogP contribution < -0.4 is 10.9 Å². The van der Waals surface area contributed by atoms with E-state index in [9.17, 15) is 19.5 Å². The van der Waals surface area contributed by atoms with Crippen LogP contribution in [-0.2, 0) is 9.59 Å². The van der Waals surface area contributed by atoms with Gasteiger partial charge in [0.15, 0.2) is 0 Å². The van der Waals surface area contributed by atoms with Gasteiger partial charge in [0.25, 0.3) is 5.91 Å². The Morgan fingerprint density at radius 1 is 1.00 bits per heavy atom. The first kappa shape index (κ1) is 17.5. The summed E-state index contributed by atoms with van der Waals surface area (Å²) in [5.41, 5.74) is 6.42. The van der Waals surface area contributed by atoms with Crippen molar-refractivity contribution in [1.29, 1.82) is 0 Å². The smallest absolute Gasteiger partial charge is 0.307 e. The van der Waals surface area contributed by atoms with E-state index in [-0.39, 0.29) is 11.8 Å². The Bertz CT molecular complexity index is 683. The van der Waals surface area contributed by atoms with Crippen molar-refractivity contribution in [1.82, 2.24) is 10.9 Å². The third kappa shape index (κ3) is 3.38. The van der Waals surface area contributed by atoms with Crippen molar-refractivity contribution in [2.75, 3.05) is 0 Å². The molecule has 2 fully saturated rings. The van der Waals surface area contributed by atoms with Crippen molar-refractivity contribution in [2.24, 2.45) is 23.7 Å². The van der Waals surface area contributed by atoms with Gasteiger partial charge in [0, 0.05) is 5.56 Å². The van der Waals surface area contributed by atoms with Crippen LogP contribution in [0.3, 0.4) is 0 Å². The molecule has 0 saturated heterocycles. The van der Waals surface area contributed by atoms with Gasteiger partial charge in [0.2, 0.25) is 5.91 Å². The number of carboxylic acid groups (broad SMARTS) is 1. The van der Waals surface area contributed by atoms with Crippen LogP contribution in [0, 0.1) is 23.7 Å². The van der Waals surface area contributed by atoms with Crippen LogP contribution in [0.1, 0.15) is 54.9 Å². The van der Waals surface area contributed by atoms with Crippen molar-refractivity contribution in [2.45, 2.75) is 39.0 Å². The van der Waals surface area contributed by atoms with Crippen LogP contribution in [0.15, 0.2) is 24.3 Å². The van der Waals surface area contributed by atoms with Crippen LogP contribution in [0.4, 0.5) is 0 Å².